The van der Waals surface area contributed by atoms with E-state index in [2.05, 4.69) is 10.5 Å². The molecule has 2 amide bonds. The highest BCUT2D eigenvalue weighted by Crippen LogP contribution is 2.29. The number of hydrogen-bond donors (Lipinski definition) is 2. The Bertz CT molecular complexity index is 1610. The fourth-order valence-corrected chi connectivity index (χ4v) is 7.07. The van der Waals surface area contributed by atoms with Crippen LogP contribution < -0.4 is 10.1 Å². The minimum absolute atomic E-state index is 0.0227. The number of aliphatic hydroxyl groups is 1. The quantitative estimate of drug-likeness (QED) is 0.349. The number of aryl methyl sites for hydroxylation is 2. The Hall–Kier alpha value is -3.78. The van der Waals surface area contributed by atoms with Gasteiger partial charge in [-0.15, -0.1) is 0 Å². The molecule has 1 aliphatic rings. The number of rotatable bonds is 8. The lowest BCUT2D eigenvalue weighted by Crippen LogP contribution is -2.48. The van der Waals surface area contributed by atoms with E-state index in [0.717, 1.165) is 12.8 Å². The highest BCUT2D eigenvalue weighted by atomic mass is 32.2. The van der Waals surface area contributed by atoms with Crippen LogP contribution in [0.3, 0.4) is 0 Å². The Morgan fingerprint density at radius 3 is 2.53 bits per heavy atom. The smallest absolute Gasteiger partial charge is 0.258 e. The van der Waals surface area contributed by atoms with Crippen molar-refractivity contribution in [3.8, 4) is 5.75 Å². The lowest BCUT2D eigenvalue weighted by atomic mass is 10.0. The van der Waals surface area contributed by atoms with Crippen LogP contribution in [-0.2, 0) is 14.8 Å². The molecule has 0 saturated carbocycles. The average molecular weight is 671 g/mol. The number of anilines is 1. The second-order valence-electron chi connectivity index (χ2n) is 12.3. The molecule has 4 atom stereocenters. The first-order valence-electron chi connectivity index (χ1n) is 15.9. The first kappa shape index (κ1) is 36.1. The summed E-state index contributed by atoms with van der Waals surface area (Å²) < 4.78 is 46.0. The van der Waals surface area contributed by atoms with Crippen molar-refractivity contribution in [1.29, 1.82) is 0 Å². The SMILES string of the molecule is Cc1noc(C)c1S(=O)(=O)N(C)C[C@H]1OCCCC[C@H](C)Oc2ccc(NC(=O)c3ccccc3)cc2C(=O)N([C@@H](C)CO)C[C@@H]1C. The number of ether oxygens (including phenoxy) is 2. The van der Waals surface area contributed by atoms with Gasteiger partial charge in [-0.2, -0.15) is 4.31 Å². The molecule has 12 nitrogen and oxygen atoms in total. The summed E-state index contributed by atoms with van der Waals surface area (Å²) in [5.41, 5.74) is 1.40. The fraction of sp³-hybridized carbons (Fsp3) is 0.500. The van der Waals surface area contributed by atoms with Crippen molar-refractivity contribution in [2.45, 2.75) is 77.0 Å². The highest BCUT2D eigenvalue weighted by molar-refractivity contribution is 7.89. The number of aromatic nitrogens is 1. The average Bonchev–Trinajstić information content (AvgIpc) is 3.40. The van der Waals surface area contributed by atoms with Gasteiger partial charge in [-0.3, -0.25) is 9.59 Å². The number of carbonyl (C=O) groups excluding carboxylic acids is 2. The summed E-state index contributed by atoms with van der Waals surface area (Å²) >= 11 is 0. The van der Waals surface area contributed by atoms with Crippen molar-refractivity contribution in [3.05, 3.63) is 71.1 Å². The van der Waals surface area contributed by atoms with E-state index in [4.69, 9.17) is 14.0 Å². The molecule has 2 aromatic carbocycles. The van der Waals surface area contributed by atoms with Gasteiger partial charge in [-0.1, -0.05) is 30.3 Å². The van der Waals surface area contributed by atoms with E-state index >= 15 is 0 Å². The Morgan fingerprint density at radius 2 is 1.87 bits per heavy atom. The third-order valence-corrected chi connectivity index (χ3v) is 10.5. The van der Waals surface area contributed by atoms with Crippen molar-refractivity contribution in [3.63, 3.8) is 0 Å². The minimum Gasteiger partial charge on any atom is -0.490 e. The van der Waals surface area contributed by atoms with Gasteiger partial charge < -0.3 is 29.3 Å². The molecule has 256 valence electrons. The molecule has 13 heteroatoms. The number of benzene rings is 2. The van der Waals surface area contributed by atoms with Crippen LogP contribution in [0.4, 0.5) is 5.69 Å². The summed E-state index contributed by atoms with van der Waals surface area (Å²) in [6, 6.07) is 13.2. The number of carbonyl (C=O) groups is 2. The second-order valence-corrected chi connectivity index (χ2v) is 14.3. The topological polar surface area (TPSA) is 152 Å². The molecule has 2 heterocycles. The molecule has 0 unspecified atom stereocenters. The van der Waals surface area contributed by atoms with Crippen molar-refractivity contribution in [2.75, 3.05) is 38.7 Å². The molecule has 1 aliphatic heterocycles. The van der Waals surface area contributed by atoms with Crippen molar-refractivity contribution < 1.29 is 37.1 Å². The van der Waals surface area contributed by atoms with E-state index in [-0.39, 0.29) is 59.5 Å². The van der Waals surface area contributed by atoms with E-state index in [1.165, 1.54) is 11.4 Å². The Morgan fingerprint density at radius 1 is 1.15 bits per heavy atom. The molecule has 0 fully saturated rings. The zero-order valence-electron chi connectivity index (χ0n) is 27.9. The van der Waals surface area contributed by atoms with Crippen LogP contribution in [0, 0.1) is 19.8 Å². The van der Waals surface area contributed by atoms with Crippen molar-refractivity contribution in [1.82, 2.24) is 14.4 Å². The molecule has 2 N–H and O–H groups in total. The van der Waals surface area contributed by atoms with Crippen LogP contribution in [0.15, 0.2) is 57.9 Å². The number of aliphatic hydroxyl groups excluding tert-OH is 1. The maximum atomic E-state index is 14.3. The van der Waals surface area contributed by atoms with Gasteiger partial charge in [0, 0.05) is 43.9 Å². The number of hydrogen-bond acceptors (Lipinski definition) is 9. The van der Waals surface area contributed by atoms with Gasteiger partial charge in [0.25, 0.3) is 11.8 Å². The van der Waals surface area contributed by atoms with Gasteiger partial charge in [-0.25, -0.2) is 8.42 Å². The van der Waals surface area contributed by atoms with E-state index in [0.29, 0.717) is 30.0 Å². The molecule has 3 aromatic rings. The van der Waals surface area contributed by atoms with Gasteiger partial charge in [0.15, 0.2) is 5.76 Å². The molecular formula is C34H46N4O8S. The lowest BCUT2D eigenvalue weighted by Gasteiger charge is -2.35. The second kappa shape index (κ2) is 15.9. The molecular weight excluding hydrogens is 624 g/mol. The lowest BCUT2D eigenvalue weighted by molar-refractivity contribution is -0.00835. The summed E-state index contributed by atoms with van der Waals surface area (Å²) in [5, 5.41) is 16.9. The normalized spacial score (nSPS) is 20.6. The number of amides is 2. The van der Waals surface area contributed by atoms with E-state index in [9.17, 15) is 23.1 Å². The summed E-state index contributed by atoms with van der Waals surface area (Å²) in [4.78, 5) is 28.8. The first-order valence-corrected chi connectivity index (χ1v) is 17.4. The molecule has 0 bridgehead atoms. The third kappa shape index (κ3) is 8.78. The molecule has 0 spiro atoms. The molecule has 0 saturated heterocycles. The number of nitrogens with zero attached hydrogens (tertiary/aromatic N) is 3. The molecule has 4 rings (SSSR count). The fourth-order valence-electron chi connectivity index (χ4n) is 5.61. The van der Waals surface area contributed by atoms with Crippen LogP contribution >= 0.6 is 0 Å². The molecule has 0 radical (unpaired) electrons. The van der Waals surface area contributed by atoms with Crippen molar-refractivity contribution in [2.24, 2.45) is 5.92 Å². The standard InChI is InChI=1S/C34H46N4O8S/c1-22-19-38(23(2)21-39)34(41)29-18-28(35-33(40)27-13-8-7-9-14-27)15-16-30(29)45-24(3)12-10-11-17-44-31(22)20-37(6)47(42,43)32-25(4)36-46-26(32)5/h7-9,13-16,18,22-24,31,39H,10-12,17,19-21H2,1-6H3,(H,35,40)/t22-,23-,24-,31+/m0/s1. The maximum Gasteiger partial charge on any atom is 0.258 e. The Labute approximate surface area is 277 Å². The van der Waals surface area contributed by atoms with E-state index in [1.807, 2.05) is 19.9 Å². The highest BCUT2D eigenvalue weighted by Gasteiger charge is 2.34. The summed E-state index contributed by atoms with van der Waals surface area (Å²) in [5.74, 6) is -0.486. The zero-order chi connectivity index (χ0) is 34.3. The monoisotopic (exact) mass is 670 g/mol. The predicted octanol–water partition coefficient (Wildman–Crippen LogP) is 4.66. The van der Waals surface area contributed by atoms with Gasteiger partial charge in [0.05, 0.1) is 30.4 Å². The Kier molecular flexibility index (Phi) is 12.2. The van der Waals surface area contributed by atoms with Crippen molar-refractivity contribution >= 4 is 27.5 Å². The van der Waals surface area contributed by atoms with Crippen LogP contribution in [0.1, 0.15) is 72.2 Å². The van der Waals surface area contributed by atoms with Crippen LogP contribution in [-0.4, -0.2) is 91.3 Å². The predicted molar refractivity (Wildman–Crippen MR) is 177 cm³/mol. The number of nitrogens with one attached hydrogen (secondary N) is 1. The summed E-state index contributed by atoms with van der Waals surface area (Å²) in [6.45, 7) is 8.97. The summed E-state index contributed by atoms with van der Waals surface area (Å²) in [7, 11) is -2.45. The van der Waals surface area contributed by atoms with Gasteiger partial charge in [-0.05, 0) is 77.3 Å². The van der Waals surface area contributed by atoms with Gasteiger partial charge in [0.1, 0.15) is 16.3 Å². The minimum atomic E-state index is -3.94. The Balaban J connectivity index is 1.66. The summed E-state index contributed by atoms with van der Waals surface area (Å²) in [6.07, 6.45) is 1.41. The number of likely N-dealkylation sites (N-methyl/N-ethyl adjacent to an activating group) is 1. The number of fused-ring (bicyclic) bond motifs is 1. The van der Waals surface area contributed by atoms with Crippen LogP contribution in [0.25, 0.3) is 0 Å². The maximum absolute atomic E-state index is 14.3. The van der Waals surface area contributed by atoms with E-state index in [1.54, 1.807) is 68.1 Å². The molecule has 1 aromatic heterocycles. The number of sulfonamides is 1. The van der Waals surface area contributed by atoms with Gasteiger partial charge >= 0.3 is 0 Å². The zero-order valence-corrected chi connectivity index (χ0v) is 28.7. The third-order valence-electron chi connectivity index (χ3n) is 8.42. The molecule has 0 aliphatic carbocycles. The first-order chi connectivity index (χ1) is 22.3. The van der Waals surface area contributed by atoms with Gasteiger partial charge in [0.2, 0.25) is 10.0 Å². The largest absolute Gasteiger partial charge is 0.490 e. The van der Waals surface area contributed by atoms with Crippen LogP contribution in [0.2, 0.25) is 0 Å². The van der Waals surface area contributed by atoms with E-state index < -0.39 is 28.1 Å². The van der Waals surface area contributed by atoms with Crippen LogP contribution in [0.5, 0.6) is 5.75 Å². The molecule has 47 heavy (non-hydrogen) atoms.